The summed E-state index contributed by atoms with van der Waals surface area (Å²) < 4.78 is 0. The minimum Gasteiger partial charge on any atom is -0.303 e. The van der Waals surface area contributed by atoms with E-state index in [1.54, 1.807) is 0 Å². The van der Waals surface area contributed by atoms with Gasteiger partial charge in [0, 0.05) is 6.42 Å². The number of carbonyl (C=O) groups is 1. The van der Waals surface area contributed by atoms with E-state index < -0.39 is 0 Å². The molecule has 0 aliphatic heterocycles. The maximum absolute atomic E-state index is 10.2. The van der Waals surface area contributed by atoms with Crippen molar-refractivity contribution >= 4 is 6.29 Å². The quantitative estimate of drug-likeness (QED) is 0.645. The molecule has 0 aromatic heterocycles. The Morgan fingerprint density at radius 2 is 2.15 bits per heavy atom. The molecule has 13 heavy (non-hydrogen) atoms. The number of hydrogen-bond donors (Lipinski definition) is 0. The topological polar surface area (TPSA) is 17.1 Å². The molecule has 0 saturated heterocycles. The smallest absolute Gasteiger partial charge is 0.120 e. The first-order valence-corrected chi connectivity index (χ1v) is 4.76. The van der Waals surface area contributed by atoms with E-state index in [0.717, 1.165) is 12.7 Å². The highest BCUT2D eigenvalue weighted by atomic mass is 16.1. The van der Waals surface area contributed by atoms with Crippen LogP contribution in [0.2, 0.25) is 0 Å². The van der Waals surface area contributed by atoms with Gasteiger partial charge in [-0.15, -0.1) is 0 Å². The fourth-order valence-electron chi connectivity index (χ4n) is 1.33. The van der Waals surface area contributed by atoms with Gasteiger partial charge in [0.1, 0.15) is 6.29 Å². The largest absolute Gasteiger partial charge is 0.303 e. The van der Waals surface area contributed by atoms with Crippen LogP contribution in [0.15, 0.2) is 24.3 Å². The van der Waals surface area contributed by atoms with Crippen LogP contribution in [0.5, 0.6) is 0 Å². The Morgan fingerprint density at radius 1 is 1.38 bits per heavy atom. The summed E-state index contributed by atoms with van der Waals surface area (Å²) in [5.74, 6) is 0.566. The predicted octanol–water partition coefficient (Wildman–Crippen LogP) is 2.94. The molecule has 0 saturated carbocycles. The molecule has 0 heterocycles. The van der Waals surface area contributed by atoms with Gasteiger partial charge in [-0.1, -0.05) is 38.1 Å². The SMILES string of the molecule is CC(C)c1cccc(CCC=O)c1. The number of carbonyl (C=O) groups excluding carboxylic acids is 1. The Balaban J connectivity index is 2.73. The third-order valence-electron chi connectivity index (χ3n) is 2.17. The lowest BCUT2D eigenvalue weighted by Crippen LogP contribution is -1.91. The Hall–Kier alpha value is -1.11. The fraction of sp³-hybridized carbons (Fsp3) is 0.417. The summed E-state index contributed by atoms with van der Waals surface area (Å²) in [6.07, 6.45) is 2.47. The number of aldehydes is 1. The first-order chi connectivity index (χ1) is 6.24. The van der Waals surface area contributed by atoms with Crippen molar-refractivity contribution in [3.8, 4) is 0 Å². The average molecular weight is 176 g/mol. The maximum Gasteiger partial charge on any atom is 0.120 e. The Bertz CT molecular complexity index is 276. The van der Waals surface area contributed by atoms with Crippen LogP contribution in [0.3, 0.4) is 0 Å². The zero-order chi connectivity index (χ0) is 9.68. The highest BCUT2D eigenvalue weighted by molar-refractivity contribution is 5.50. The van der Waals surface area contributed by atoms with Crippen LogP contribution in [0.25, 0.3) is 0 Å². The van der Waals surface area contributed by atoms with E-state index in [0.29, 0.717) is 12.3 Å². The van der Waals surface area contributed by atoms with Crippen molar-refractivity contribution in [3.05, 3.63) is 35.4 Å². The van der Waals surface area contributed by atoms with E-state index in [4.69, 9.17) is 0 Å². The van der Waals surface area contributed by atoms with Crippen molar-refractivity contribution < 1.29 is 4.79 Å². The summed E-state index contributed by atoms with van der Waals surface area (Å²) in [5.41, 5.74) is 2.61. The average Bonchev–Trinajstić information content (AvgIpc) is 2.15. The van der Waals surface area contributed by atoms with Crippen molar-refractivity contribution in [1.82, 2.24) is 0 Å². The van der Waals surface area contributed by atoms with E-state index in [2.05, 4.69) is 38.1 Å². The third kappa shape index (κ3) is 3.02. The molecule has 1 nitrogen and oxygen atoms in total. The van der Waals surface area contributed by atoms with Gasteiger partial charge in [-0.25, -0.2) is 0 Å². The second-order valence-corrected chi connectivity index (χ2v) is 3.61. The molecule has 0 aliphatic carbocycles. The summed E-state index contributed by atoms with van der Waals surface area (Å²) in [4.78, 5) is 10.2. The summed E-state index contributed by atoms with van der Waals surface area (Å²) in [7, 11) is 0. The molecule has 0 bridgehead atoms. The van der Waals surface area contributed by atoms with Crippen molar-refractivity contribution in [3.63, 3.8) is 0 Å². The van der Waals surface area contributed by atoms with E-state index >= 15 is 0 Å². The predicted molar refractivity (Wildman–Crippen MR) is 54.9 cm³/mol. The maximum atomic E-state index is 10.2. The summed E-state index contributed by atoms with van der Waals surface area (Å²) in [6, 6.07) is 8.47. The molecule has 0 fully saturated rings. The van der Waals surface area contributed by atoms with Crippen LogP contribution in [-0.2, 0) is 11.2 Å². The molecule has 0 amide bonds. The highest BCUT2D eigenvalue weighted by Crippen LogP contribution is 2.16. The van der Waals surface area contributed by atoms with E-state index in [9.17, 15) is 4.79 Å². The van der Waals surface area contributed by atoms with Gasteiger partial charge >= 0.3 is 0 Å². The molecule has 1 aromatic rings. The minimum atomic E-state index is 0.566. The number of hydrogen-bond acceptors (Lipinski definition) is 1. The van der Waals surface area contributed by atoms with Crippen molar-refractivity contribution in [2.24, 2.45) is 0 Å². The normalized spacial score (nSPS) is 10.4. The standard InChI is InChI=1S/C12H16O/c1-10(2)12-7-3-5-11(9-12)6-4-8-13/h3,5,7-10H,4,6H2,1-2H3. The van der Waals surface area contributed by atoms with Crippen LogP contribution in [0.1, 0.15) is 37.3 Å². The Kier molecular flexibility index (Phi) is 3.69. The number of benzene rings is 1. The van der Waals surface area contributed by atoms with Crippen molar-refractivity contribution in [1.29, 1.82) is 0 Å². The second kappa shape index (κ2) is 4.80. The number of aryl methyl sites for hydroxylation is 1. The first kappa shape index (κ1) is 9.97. The van der Waals surface area contributed by atoms with Crippen molar-refractivity contribution in [2.75, 3.05) is 0 Å². The van der Waals surface area contributed by atoms with Crippen LogP contribution >= 0.6 is 0 Å². The highest BCUT2D eigenvalue weighted by Gasteiger charge is 1.99. The van der Waals surface area contributed by atoms with Gasteiger partial charge in [0.15, 0.2) is 0 Å². The monoisotopic (exact) mass is 176 g/mol. The van der Waals surface area contributed by atoms with Gasteiger partial charge < -0.3 is 4.79 Å². The first-order valence-electron chi connectivity index (χ1n) is 4.76. The number of rotatable bonds is 4. The molecule has 1 heteroatoms. The van der Waals surface area contributed by atoms with Gasteiger partial charge in [-0.05, 0) is 23.5 Å². The van der Waals surface area contributed by atoms with Crippen molar-refractivity contribution in [2.45, 2.75) is 32.6 Å². The molecule has 0 aliphatic rings. The lowest BCUT2D eigenvalue weighted by Gasteiger charge is -2.06. The zero-order valence-corrected chi connectivity index (χ0v) is 8.29. The van der Waals surface area contributed by atoms with Gasteiger partial charge in [-0.2, -0.15) is 0 Å². The molecule has 1 rings (SSSR count). The lowest BCUT2D eigenvalue weighted by molar-refractivity contribution is -0.107. The van der Waals surface area contributed by atoms with Crippen LogP contribution in [0, 0.1) is 0 Å². The molecule has 1 aromatic carbocycles. The van der Waals surface area contributed by atoms with Gasteiger partial charge in [0.2, 0.25) is 0 Å². The molecule has 0 N–H and O–H groups in total. The molecular formula is C12H16O. The third-order valence-corrected chi connectivity index (χ3v) is 2.17. The zero-order valence-electron chi connectivity index (χ0n) is 8.29. The van der Waals surface area contributed by atoms with Crippen LogP contribution in [0.4, 0.5) is 0 Å². The molecule has 0 unspecified atom stereocenters. The Labute approximate surface area is 79.8 Å². The fourth-order valence-corrected chi connectivity index (χ4v) is 1.33. The van der Waals surface area contributed by atoms with Gasteiger partial charge in [0.25, 0.3) is 0 Å². The van der Waals surface area contributed by atoms with Crippen LogP contribution < -0.4 is 0 Å². The summed E-state index contributed by atoms with van der Waals surface area (Å²) in [5, 5.41) is 0. The van der Waals surface area contributed by atoms with Gasteiger partial charge in [-0.3, -0.25) is 0 Å². The summed E-state index contributed by atoms with van der Waals surface area (Å²) >= 11 is 0. The van der Waals surface area contributed by atoms with Gasteiger partial charge in [0.05, 0.1) is 0 Å². The molecule has 0 radical (unpaired) electrons. The summed E-state index contributed by atoms with van der Waals surface area (Å²) in [6.45, 7) is 4.36. The molecule has 0 spiro atoms. The molecule has 0 atom stereocenters. The molecular weight excluding hydrogens is 160 g/mol. The second-order valence-electron chi connectivity index (χ2n) is 3.61. The minimum absolute atomic E-state index is 0.566. The lowest BCUT2D eigenvalue weighted by atomic mass is 9.99. The van der Waals surface area contributed by atoms with E-state index in [1.807, 2.05) is 0 Å². The molecule has 70 valence electrons. The van der Waals surface area contributed by atoms with Crippen LogP contribution in [-0.4, -0.2) is 6.29 Å². The Morgan fingerprint density at radius 3 is 2.77 bits per heavy atom. The van der Waals surface area contributed by atoms with E-state index in [-0.39, 0.29) is 0 Å². The van der Waals surface area contributed by atoms with E-state index in [1.165, 1.54) is 11.1 Å².